The molecular formula is C22H24N4O2. The highest BCUT2D eigenvalue weighted by Crippen LogP contribution is 2.18. The van der Waals surface area contributed by atoms with Crippen molar-refractivity contribution < 1.29 is 9.53 Å². The summed E-state index contributed by atoms with van der Waals surface area (Å²) in [4.78, 5) is 24.0. The van der Waals surface area contributed by atoms with E-state index in [2.05, 4.69) is 20.2 Å². The fourth-order valence-corrected chi connectivity index (χ4v) is 3.38. The Morgan fingerprint density at radius 2 is 1.96 bits per heavy atom. The van der Waals surface area contributed by atoms with Crippen molar-refractivity contribution in [2.75, 3.05) is 31.2 Å². The van der Waals surface area contributed by atoms with Gasteiger partial charge in [-0.3, -0.25) is 9.78 Å². The average molecular weight is 376 g/mol. The van der Waals surface area contributed by atoms with Crippen LogP contribution in [0.1, 0.15) is 27.2 Å². The highest BCUT2D eigenvalue weighted by atomic mass is 16.5. The number of pyridine rings is 2. The SMILES string of the molecule is Cc1ccc2cc(C(=O)NCc3ccc(N4CCOCC4)nc3)c(C)nc2c1. The Morgan fingerprint density at radius 3 is 2.71 bits per heavy atom. The van der Waals surface area contributed by atoms with E-state index in [-0.39, 0.29) is 5.91 Å². The van der Waals surface area contributed by atoms with Crippen LogP contribution in [0.4, 0.5) is 5.82 Å². The van der Waals surface area contributed by atoms with Crippen LogP contribution in [0, 0.1) is 13.8 Å². The lowest BCUT2D eigenvalue weighted by molar-refractivity contribution is 0.0950. The molecule has 0 bridgehead atoms. The zero-order chi connectivity index (χ0) is 19.5. The Labute approximate surface area is 164 Å². The fraction of sp³-hybridized carbons (Fsp3) is 0.318. The molecular weight excluding hydrogens is 352 g/mol. The lowest BCUT2D eigenvalue weighted by Gasteiger charge is -2.27. The van der Waals surface area contributed by atoms with Crippen molar-refractivity contribution in [1.82, 2.24) is 15.3 Å². The van der Waals surface area contributed by atoms with E-state index in [0.717, 1.165) is 59.8 Å². The molecule has 4 rings (SSSR count). The van der Waals surface area contributed by atoms with Crippen LogP contribution in [0.15, 0.2) is 42.6 Å². The highest BCUT2D eigenvalue weighted by molar-refractivity contribution is 5.98. The zero-order valence-electron chi connectivity index (χ0n) is 16.2. The second kappa shape index (κ2) is 7.94. The van der Waals surface area contributed by atoms with Gasteiger partial charge in [-0.15, -0.1) is 0 Å². The van der Waals surface area contributed by atoms with E-state index in [1.807, 2.05) is 56.4 Å². The number of nitrogens with zero attached hydrogens (tertiary/aromatic N) is 3. The molecule has 0 unspecified atom stereocenters. The van der Waals surface area contributed by atoms with Gasteiger partial charge in [0, 0.05) is 31.2 Å². The summed E-state index contributed by atoms with van der Waals surface area (Å²) in [6, 6.07) is 12.0. The van der Waals surface area contributed by atoms with Crippen molar-refractivity contribution in [2.24, 2.45) is 0 Å². The predicted molar refractivity (Wildman–Crippen MR) is 110 cm³/mol. The first-order chi connectivity index (χ1) is 13.6. The van der Waals surface area contributed by atoms with Crippen LogP contribution in [0.2, 0.25) is 0 Å². The molecule has 1 aliphatic heterocycles. The molecule has 3 heterocycles. The minimum absolute atomic E-state index is 0.121. The van der Waals surface area contributed by atoms with Crippen molar-refractivity contribution in [3.63, 3.8) is 0 Å². The number of aryl methyl sites for hydroxylation is 2. The number of anilines is 1. The van der Waals surface area contributed by atoms with E-state index in [0.29, 0.717) is 12.1 Å². The number of carbonyl (C=O) groups is 1. The summed E-state index contributed by atoms with van der Waals surface area (Å²) in [5.74, 6) is 0.827. The number of morpholine rings is 1. The summed E-state index contributed by atoms with van der Waals surface area (Å²) >= 11 is 0. The van der Waals surface area contributed by atoms with Crippen molar-refractivity contribution in [3.05, 3.63) is 65.0 Å². The van der Waals surface area contributed by atoms with Gasteiger partial charge in [0.1, 0.15) is 5.82 Å². The summed E-state index contributed by atoms with van der Waals surface area (Å²) in [6.45, 7) is 7.52. The molecule has 0 saturated carbocycles. The lowest BCUT2D eigenvalue weighted by atomic mass is 10.1. The second-order valence-corrected chi connectivity index (χ2v) is 7.12. The Balaban J connectivity index is 1.43. The average Bonchev–Trinajstić information content (AvgIpc) is 2.72. The van der Waals surface area contributed by atoms with Gasteiger partial charge in [-0.05, 0) is 43.2 Å². The third-order valence-electron chi connectivity index (χ3n) is 5.01. The summed E-state index contributed by atoms with van der Waals surface area (Å²) in [6.07, 6.45) is 1.82. The monoisotopic (exact) mass is 376 g/mol. The molecule has 0 radical (unpaired) electrons. The van der Waals surface area contributed by atoms with Crippen LogP contribution >= 0.6 is 0 Å². The number of fused-ring (bicyclic) bond motifs is 1. The van der Waals surface area contributed by atoms with Gasteiger partial charge < -0.3 is 15.0 Å². The van der Waals surface area contributed by atoms with E-state index in [9.17, 15) is 4.79 Å². The van der Waals surface area contributed by atoms with Gasteiger partial charge in [-0.1, -0.05) is 18.2 Å². The smallest absolute Gasteiger partial charge is 0.253 e. The predicted octanol–water partition coefficient (Wildman–Crippen LogP) is 3.01. The van der Waals surface area contributed by atoms with Crippen LogP contribution in [0.5, 0.6) is 0 Å². The largest absolute Gasteiger partial charge is 0.378 e. The highest BCUT2D eigenvalue weighted by Gasteiger charge is 2.14. The molecule has 3 aromatic rings. The van der Waals surface area contributed by atoms with E-state index >= 15 is 0 Å². The molecule has 6 nitrogen and oxygen atoms in total. The minimum atomic E-state index is -0.121. The number of aromatic nitrogens is 2. The summed E-state index contributed by atoms with van der Waals surface area (Å²) in [5, 5.41) is 3.95. The summed E-state index contributed by atoms with van der Waals surface area (Å²) in [5.41, 5.74) is 4.37. The fourth-order valence-electron chi connectivity index (χ4n) is 3.38. The second-order valence-electron chi connectivity index (χ2n) is 7.12. The van der Waals surface area contributed by atoms with Gasteiger partial charge in [-0.25, -0.2) is 4.98 Å². The van der Waals surface area contributed by atoms with Crippen LogP contribution in [0.3, 0.4) is 0 Å². The molecule has 2 aromatic heterocycles. The Morgan fingerprint density at radius 1 is 1.14 bits per heavy atom. The van der Waals surface area contributed by atoms with Crippen molar-refractivity contribution in [1.29, 1.82) is 0 Å². The molecule has 144 valence electrons. The maximum atomic E-state index is 12.7. The van der Waals surface area contributed by atoms with Gasteiger partial charge in [-0.2, -0.15) is 0 Å². The number of rotatable bonds is 4. The maximum Gasteiger partial charge on any atom is 0.253 e. The standard InChI is InChI=1S/C22H24N4O2/c1-15-3-5-18-12-19(16(2)25-20(18)11-15)22(27)24-14-17-4-6-21(23-13-17)26-7-9-28-10-8-26/h3-6,11-13H,7-10,14H2,1-2H3,(H,24,27). The molecule has 0 spiro atoms. The van der Waals surface area contributed by atoms with E-state index in [1.165, 1.54) is 0 Å². The molecule has 6 heteroatoms. The van der Waals surface area contributed by atoms with Gasteiger partial charge in [0.2, 0.25) is 0 Å². The van der Waals surface area contributed by atoms with E-state index in [1.54, 1.807) is 0 Å². The number of amides is 1. The first kappa shape index (κ1) is 18.4. The van der Waals surface area contributed by atoms with Crippen LogP contribution < -0.4 is 10.2 Å². The molecule has 1 aliphatic rings. The molecule has 1 N–H and O–H groups in total. The Hall–Kier alpha value is -2.99. The van der Waals surface area contributed by atoms with E-state index < -0.39 is 0 Å². The third-order valence-corrected chi connectivity index (χ3v) is 5.01. The molecule has 0 aliphatic carbocycles. The Bertz CT molecular complexity index is 995. The van der Waals surface area contributed by atoms with E-state index in [4.69, 9.17) is 4.74 Å². The lowest BCUT2D eigenvalue weighted by Crippen LogP contribution is -2.36. The zero-order valence-corrected chi connectivity index (χ0v) is 16.2. The topological polar surface area (TPSA) is 67.4 Å². The molecule has 1 amide bonds. The third kappa shape index (κ3) is 3.97. The number of hydrogen-bond donors (Lipinski definition) is 1. The van der Waals surface area contributed by atoms with Gasteiger partial charge in [0.05, 0.1) is 30.0 Å². The molecule has 1 saturated heterocycles. The van der Waals surface area contributed by atoms with Crippen molar-refractivity contribution in [3.8, 4) is 0 Å². The van der Waals surface area contributed by atoms with Crippen molar-refractivity contribution >= 4 is 22.6 Å². The number of carbonyl (C=O) groups excluding carboxylic acids is 1. The maximum absolute atomic E-state index is 12.7. The Kier molecular flexibility index (Phi) is 5.21. The molecule has 0 atom stereocenters. The normalized spacial score (nSPS) is 14.3. The van der Waals surface area contributed by atoms with Gasteiger partial charge in [0.25, 0.3) is 5.91 Å². The minimum Gasteiger partial charge on any atom is -0.378 e. The quantitative estimate of drug-likeness (QED) is 0.758. The van der Waals surface area contributed by atoms with Crippen molar-refractivity contribution in [2.45, 2.75) is 20.4 Å². The molecule has 1 aromatic carbocycles. The summed E-state index contributed by atoms with van der Waals surface area (Å²) < 4.78 is 5.37. The van der Waals surface area contributed by atoms with Crippen LogP contribution in [0.25, 0.3) is 10.9 Å². The number of nitrogens with one attached hydrogen (secondary N) is 1. The van der Waals surface area contributed by atoms with Crippen LogP contribution in [-0.2, 0) is 11.3 Å². The first-order valence-electron chi connectivity index (χ1n) is 9.54. The van der Waals surface area contributed by atoms with Gasteiger partial charge in [0.15, 0.2) is 0 Å². The molecule has 28 heavy (non-hydrogen) atoms. The number of benzene rings is 1. The number of ether oxygens (including phenoxy) is 1. The first-order valence-corrected chi connectivity index (χ1v) is 9.54. The molecule has 1 fully saturated rings. The number of hydrogen-bond acceptors (Lipinski definition) is 5. The van der Waals surface area contributed by atoms with Gasteiger partial charge >= 0.3 is 0 Å². The van der Waals surface area contributed by atoms with Crippen LogP contribution in [-0.4, -0.2) is 42.2 Å². The summed E-state index contributed by atoms with van der Waals surface area (Å²) in [7, 11) is 0.